The van der Waals surface area contributed by atoms with Gasteiger partial charge in [0.05, 0.1) is 16.6 Å². The monoisotopic (exact) mass is 486 g/mol. The van der Waals surface area contributed by atoms with Crippen molar-refractivity contribution in [1.82, 2.24) is 9.80 Å². The maximum absolute atomic E-state index is 14.2. The topological polar surface area (TPSA) is 23.6 Å². The Balaban J connectivity index is 1.54. The summed E-state index contributed by atoms with van der Waals surface area (Å²) in [6.07, 6.45) is 0. The predicted molar refractivity (Wildman–Crippen MR) is 121 cm³/mol. The maximum Gasteiger partial charge on any atom is 0.258 e. The third-order valence-corrected chi connectivity index (χ3v) is 6.29. The van der Waals surface area contributed by atoms with Gasteiger partial charge in [0.1, 0.15) is 5.82 Å². The van der Waals surface area contributed by atoms with Crippen molar-refractivity contribution in [2.24, 2.45) is 0 Å². The summed E-state index contributed by atoms with van der Waals surface area (Å²) in [5.41, 5.74) is 2.36. The van der Waals surface area contributed by atoms with Crippen molar-refractivity contribution in [1.29, 1.82) is 0 Å². The first kappa shape index (κ1) is 21.0. The van der Waals surface area contributed by atoms with Gasteiger partial charge in [-0.25, -0.2) is 4.39 Å². The van der Waals surface area contributed by atoms with Crippen LogP contribution >= 0.6 is 27.5 Å². The van der Waals surface area contributed by atoms with E-state index in [1.807, 2.05) is 30.3 Å². The Morgan fingerprint density at radius 3 is 2.13 bits per heavy atom. The Labute approximate surface area is 189 Å². The number of hydrogen-bond acceptors (Lipinski definition) is 2. The van der Waals surface area contributed by atoms with Crippen molar-refractivity contribution in [2.45, 2.75) is 6.04 Å². The maximum atomic E-state index is 14.2. The molecule has 0 radical (unpaired) electrons. The number of halogens is 3. The second-order valence-corrected chi connectivity index (χ2v) is 8.61. The standard InChI is InChI=1S/C24H21BrClFN2O/c25-19-11-9-18(10-12-19)23(17-5-2-1-3-6-17)28-13-15-29(16-14-28)24(30)22-20(26)7-4-8-21(22)27/h1-12,23H,13-16H2. The van der Waals surface area contributed by atoms with Crippen LogP contribution in [-0.2, 0) is 0 Å². The molecular weight excluding hydrogens is 467 g/mol. The van der Waals surface area contributed by atoms with E-state index in [0.717, 1.165) is 4.47 Å². The summed E-state index contributed by atoms with van der Waals surface area (Å²) in [6, 6.07) is 23.1. The van der Waals surface area contributed by atoms with Gasteiger partial charge in [0.2, 0.25) is 0 Å². The lowest BCUT2D eigenvalue weighted by molar-refractivity contribution is 0.0593. The van der Waals surface area contributed by atoms with Crippen LogP contribution in [0.15, 0.2) is 77.3 Å². The molecule has 3 nitrogen and oxygen atoms in total. The molecule has 1 unspecified atom stereocenters. The van der Waals surface area contributed by atoms with Crippen LogP contribution in [0.2, 0.25) is 5.02 Å². The average Bonchev–Trinajstić information content (AvgIpc) is 2.76. The molecule has 0 N–H and O–H groups in total. The van der Waals surface area contributed by atoms with E-state index >= 15 is 0 Å². The van der Waals surface area contributed by atoms with E-state index in [0.29, 0.717) is 26.2 Å². The third kappa shape index (κ3) is 4.43. The highest BCUT2D eigenvalue weighted by Gasteiger charge is 2.30. The van der Waals surface area contributed by atoms with E-state index in [1.165, 1.54) is 23.3 Å². The first-order chi connectivity index (χ1) is 14.5. The molecule has 1 heterocycles. The van der Waals surface area contributed by atoms with Crippen molar-refractivity contribution in [3.8, 4) is 0 Å². The number of benzene rings is 3. The number of carbonyl (C=O) groups is 1. The van der Waals surface area contributed by atoms with Gasteiger partial charge in [0.15, 0.2) is 0 Å². The van der Waals surface area contributed by atoms with Crippen molar-refractivity contribution < 1.29 is 9.18 Å². The Morgan fingerprint density at radius 1 is 0.867 bits per heavy atom. The van der Waals surface area contributed by atoms with Gasteiger partial charge in [-0.2, -0.15) is 0 Å². The second-order valence-electron chi connectivity index (χ2n) is 7.29. The molecule has 1 aliphatic rings. The number of piperazine rings is 1. The van der Waals surface area contributed by atoms with E-state index in [4.69, 9.17) is 11.6 Å². The molecule has 0 aromatic heterocycles. The Hall–Kier alpha value is -2.21. The van der Waals surface area contributed by atoms with Gasteiger partial charge in [-0.1, -0.05) is 76.1 Å². The van der Waals surface area contributed by atoms with Gasteiger partial charge in [0, 0.05) is 30.7 Å². The van der Waals surface area contributed by atoms with Gasteiger partial charge < -0.3 is 4.90 Å². The number of carbonyl (C=O) groups excluding carboxylic acids is 1. The van der Waals surface area contributed by atoms with E-state index in [1.54, 1.807) is 11.0 Å². The van der Waals surface area contributed by atoms with Crippen LogP contribution in [0.1, 0.15) is 27.5 Å². The Morgan fingerprint density at radius 2 is 1.50 bits per heavy atom. The molecule has 1 atom stereocenters. The molecule has 154 valence electrons. The zero-order valence-corrected chi connectivity index (χ0v) is 18.6. The fourth-order valence-electron chi connectivity index (χ4n) is 3.94. The van der Waals surface area contributed by atoms with E-state index < -0.39 is 5.82 Å². The van der Waals surface area contributed by atoms with Crippen LogP contribution in [-0.4, -0.2) is 41.9 Å². The minimum atomic E-state index is -0.577. The number of nitrogens with zero attached hydrogens (tertiary/aromatic N) is 2. The van der Waals surface area contributed by atoms with Crippen molar-refractivity contribution in [2.75, 3.05) is 26.2 Å². The quantitative estimate of drug-likeness (QED) is 0.465. The molecule has 3 aromatic carbocycles. The second kappa shape index (κ2) is 9.29. The zero-order valence-electron chi connectivity index (χ0n) is 16.3. The first-order valence-corrected chi connectivity index (χ1v) is 11.0. The molecule has 1 amide bonds. The molecule has 1 aliphatic heterocycles. The number of amides is 1. The van der Waals surface area contributed by atoms with Crippen LogP contribution in [0.5, 0.6) is 0 Å². The molecule has 0 bridgehead atoms. The predicted octanol–water partition coefficient (Wildman–Crippen LogP) is 5.79. The highest BCUT2D eigenvalue weighted by molar-refractivity contribution is 9.10. The summed E-state index contributed by atoms with van der Waals surface area (Å²) in [6.45, 7) is 2.41. The lowest BCUT2D eigenvalue weighted by atomic mass is 9.96. The fraction of sp³-hybridized carbons (Fsp3) is 0.208. The number of rotatable bonds is 4. The van der Waals surface area contributed by atoms with E-state index in [2.05, 4.69) is 45.1 Å². The average molecular weight is 488 g/mol. The smallest absolute Gasteiger partial charge is 0.258 e. The summed E-state index contributed by atoms with van der Waals surface area (Å²) in [7, 11) is 0. The fourth-order valence-corrected chi connectivity index (χ4v) is 4.45. The molecular formula is C24H21BrClFN2O. The van der Waals surface area contributed by atoms with Gasteiger partial charge in [-0.15, -0.1) is 0 Å². The SMILES string of the molecule is O=C(c1c(F)cccc1Cl)N1CCN(C(c2ccccc2)c2ccc(Br)cc2)CC1. The lowest BCUT2D eigenvalue weighted by Crippen LogP contribution is -2.50. The Kier molecular flexibility index (Phi) is 6.52. The largest absolute Gasteiger partial charge is 0.336 e. The lowest BCUT2D eigenvalue weighted by Gasteiger charge is -2.40. The summed E-state index contributed by atoms with van der Waals surface area (Å²) in [4.78, 5) is 16.9. The molecule has 4 rings (SSSR count). The molecule has 3 aromatic rings. The first-order valence-electron chi connectivity index (χ1n) is 9.82. The molecule has 0 spiro atoms. The van der Waals surface area contributed by atoms with Gasteiger partial charge in [-0.3, -0.25) is 9.69 Å². The number of hydrogen-bond donors (Lipinski definition) is 0. The van der Waals surface area contributed by atoms with Crippen molar-refractivity contribution >= 4 is 33.4 Å². The molecule has 1 saturated heterocycles. The Bertz CT molecular complexity index is 1000. The molecule has 30 heavy (non-hydrogen) atoms. The molecule has 0 saturated carbocycles. The highest BCUT2D eigenvalue weighted by atomic mass is 79.9. The van der Waals surface area contributed by atoms with Crippen LogP contribution in [0.3, 0.4) is 0 Å². The normalized spacial score (nSPS) is 15.8. The van der Waals surface area contributed by atoms with Crippen LogP contribution < -0.4 is 0 Å². The van der Waals surface area contributed by atoms with Gasteiger partial charge in [0.25, 0.3) is 5.91 Å². The summed E-state index contributed by atoms with van der Waals surface area (Å²) in [5, 5.41) is 0.152. The molecule has 1 fully saturated rings. The van der Waals surface area contributed by atoms with Crippen LogP contribution in [0.4, 0.5) is 4.39 Å². The zero-order chi connectivity index (χ0) is 21.1. The minimum Gasteiger partial charge on any atom is -0.336 e. The van der Waals surface area contributed by atoms with Crippen LogP contribution in [0, 0.1) is 5.82 Å². The van der Waals surface area contributed by atoms with E-state index in [9.17, 15) is 9.18 Å². The van der Waals surface area contributed by atoms with Gasteiger partial charge in [-0.05, 0) is 35.4 Å². The van der Waals surface area contributed by atoms with Crippen molar-refractivity contribution in [3.63, 3.8) is 0 Å². The molecule has 6 heteroatoms. The summed E-state index contributed by atoms with van der Waals surface area (Å²) in [5.74, 6) is -0.926. The van der Waals surface area contributed by atoms with Crippen molar-refractivity contribution in [3.05, 3.63) is 105 Å². The third-order valence-electron chi connectivity index (χ3n) is 5.44. The minimum absolute atomic E-state index is 0.0415. The van der Waals surface area contributed by atoms with E-state index in [-0.39, 0.29) is 22.5 Å². The summed E-state index contributed by atoms with van der Waals surface area (Å²) >= 11 is 9.60. The summed E-state index contributed by atoms with van der Waals surface area (Å²) < 4.78 is 15.2. The van der Waals surface area contributed by atoms with Crippen LogP contribution in [0.25, 0.3) is 0 Å². The molecule has 0 aliphatic carbocycles. The highest BCUT2D eigenvalue weighted by Crippen LogP contribution is 2.31. The van der Waals surface area contributed by atoms with Gasteiger partial charge >= 0.3 is 0 Å².